The summed E-state index contributed by atoms with van der Waals surface area (Å²) in [6.07, 6.45) is 6.69. The van der Waals surface area contributed by atoms with Crippen LogP contribution in [0.1, 0.15) is 56.0 Å². The Bertz CT molecular complexity index is 1150. The number of aliphatic hydroxyl groups is 1. The van der Waals surface area contributed by atoms with E-state index in [1.165, 1.54) is 10.3 Å². The Hall–Kier alpha value is -2.48. The van der Waals surface area contributed by atoms with Gasteiger partial charge in [-0.15, -0.1) is 11.3 Å². The lowest BCUT2D eigenvalue weighted by atomic mass is 10.1. The fourth-order valence-corrected chi connectivity index (χ4v) is 5.00. The molecule has 0 atom stereocenters. The molecule has 3 heterocycles. The van der Waals surface area contributed by atoms with Gasteiger partial charge in [-0.1, -0.05) is 44.0 Å². The highest BCUT2D eigenvalue weighted by Gasteiger charge is 2.17. The van der Waals surface area contributed by atoms with E-state index < -0.39 is 0 Å². The van der Waals surface area contributed by atoms with Gasteiger partial charge in [0.1, 0.15) is 11.3 Å². The second-order valence-corrected chi connectivity index (χ2v) is 9.24. The molecule has 0 fully saturated rings. The number of hydrogen-bond acceptors (Lipinski definition) is 6. The summed E-state index contributed by atoms with van der Waals surface area (Å²) in [5, 5.41) is 14.7. The summed E-state index contributed by atoms with van der Waals surface area (Å²) in [5.41, 5.74) is 11.5. The molecule has 0 saturated heterocycles. The minimum absolute atomic E-state index is 0.0984. The van der Waals surface area contributed by atoms with Crippen LogP contribution in [-0.2, 0) is 26.1 Å². The van der Waals surface area contributed by atoms with E-state index >= 15 is 0 Å². The number of rotatable bonds is 12. The van der Waals surface area contributed by atoms with E-state index in [4.69, 9.17) is 15.8 Å². The van der Waals surface area contributed by atoms with Crippen molar-refractivity contribution in [2.75, 3.05) is 12.3 Å². The molecule has 0 unspecified atom stereocenters. The number of fused-ring (bicyclic) bond motifs is 3. The molecule has 1 aromatic carbocycles. The Morgan fingerprint density at radius 1 is 1.03 bits per heavy atom. The summed E-state index contributed by atoms with van der Waals surface area (Å²) in [6.45, 7) is 5.15. The first-order valence-corrected chi connectivity index (χ1v) is 12.5. The van der Waals surface area contributed by atoms with Crippen molar-refractivity contribution < 1.29 is 5.11 Å². The first-order chi connectivity index (χ1) is 15.7. The van der Waals surface area contributed by atoms with E-state index in [9.17, 15) is 0 Å². The molecule has 4 aromatic rings. The number of aromatic nitrogens is 3. The zero-order valence-corrected chi connectivity index (χ0v) is 19.6. The number of anilines is 1. The number of nitrogens with one attached hydrogen (secondary N) is 1. The molecule has 0 aliphatic heterocycles. The molecule has 4 N–H and O–H groups in total. The second kappa shape index (κ2) is 10.9. The molecule has 4 rings (SSSR count). The zero-order chi connectivity index (χ0) is 22.3. The van der Waals surface area contributed by atoms with E-state index in [0.717, 1.165) is 86.1 Å². The van der Waals surface area contributed by atoms with Gasteiger partial charge in [-0.25, -0.2) is 9.97 Å². The number of nitrogens with zero attached hydrogens (tertiary/aromatic N) is 3. The van der Waals surface area contributed by atoms with E-state index in [-0.39, 0.29) is 6.61 Å². The number of nitrogen functional groups attached to an aromatic ring is 1. The van der Waals surface area contributed by atoms with Gasteiger partial charge in [0.05, 0.1) is 22.3 Å². The predicted octanol–water partition coefficient (Wildman–Crippen LogP) is 5.02. The van der Waals surface area contributed by atoms with Crippen LogP contribution in [0.5, 0.6) is 0 Å². The maximum absolute atomic E-state index is 9.14. The van der Waals surface area contributed by atoms with Gasteiger partial charge in [-0.05, 0) is 48.4 Å². The highest BCUT2D eigenvalue weighted by Crippen LogP contribution is 2.32. The molecule has 0 aliphatic rings. The van der Waals surface area contributed by atoms with Gasteiger partial charge < -0.3 is 20.7 Å². The van der Waals surface area contributed by atoms with Crippen LogP contribution in [0.25, 0.3) is 21.3 Å². The third-order valence-electron chi connectivity index (χ3n) is 5.91. The molecule has 0 amide bonds. The second-order valence-electron chi connectivity index (χ2n) is 8.32. The molecule has 0 radical (unpaired) electrons. The number of unbranched alkanes of at least 4 members (excludes halogenated alkanes) is 3. The van der Waals surface area contributed by atoms with Crippen LogP contribution in [-0.4, -0.2) is 26.2 Å². The molecule has 170 valence electrons. The van der Waals surface area contributed by atoms with Crippen molar-refractivity contribution in [3.05, 3.63) is 52.7 Å². The molecule has 0 saturated carbocycles. The minimum Gasteiger partial charge on any atom is -0.392 e. The summed E-state index contributed by atoms with van der Waals surface area (Å²) in [6, 6.07) is 10.2. The van der Waals surface area contributed by atoms with Gasteiger partial charge in [0.2, 0.25) is 0 Å². The largest absolute Gasteiger partial charge is 0.392 e. The van der Waals surface area contributed by atoms with Crippen LogP contribution in [0, 0.1) is 0 Å². The Morgan fingerprint density at radius 3 is 2.62 bits per heavy atom. The van der Waals surface area contributed by atoms with Crippen molar-refractivity contribution in [3.63, 3.8) is 0 Å². The Kier molecular flexibility index (Phi) is 7.73. The number of hydrogen-bond donors (Lipinski definition) is 3. The molecule has 7 heteroatoms. The minimum atomic E-state index is 0.0984. The number of benzene rings is 1. The third kappa shape index (κ3) is 5.11. The normalized spacial score (nSPS) is 11.7. The predicted molar refractivity (Wildman–Crippen MR) is 134 cm³/mol. The van der Waals surface area contributed by atoms with Crippen molar-refractivity contribution in [2.24, 2.45) is 0 Å². The monoisotopic (exact) mass is 451 g/mol. The van der Waals surface area contributed by atoms with E-state index in [2.05, 4.69) is 39.3 Å². The number of imidazole rings is 1. The summed E-state index contributed by atoms with van der Waals surface area (Å²) < 4.78 is 3.59. The smallest absolute Gasteiger partial charge is 0.152 e. The highest BCUT2D eigenvalue weighted by atomic mass is 32.1. The van der Waals surface area contributed by atoms with Crippen LogP contribution >= 0.6 is 11.3 Å². The fraction of sp³-hybridized carbons (Fsp3) is 0.440. The maximum atomic E-state index is 9.14. The van der Waals surface area contributed by atoms with Crippen molar-refractivity contribution in [2.45, 2.75) is 65.1 Å². The van der Waals surface area contributed by atoms with Crippen molar-refractivity contribution in [3.8, 4) is 0 Å². The number of thiophene rings is 1. The molecule has 6 nitrogen and oxygen atoms in total. The van der Waals surface area contributed by atoms with Crippen LogP contribution < -0.4 is 11.1 Å². The maximum Gasteiger partial charge on any atom is 0.152 e. The molecule has 0 spiro atoms. The lowest BCUT2D eigenvalue weighted by Gasteiger charge is -2.10. The SMILES string of the molecule is CCCCc1nc2c(N)nc3ccsc3c2n1CCCCCNCc1ccc(CO)cc1. The van der Waals surface area contributed by atoms with Gasteiger partial charge in [-0.2, -0.15) is 0 Å². The van der Waals surface area contributed by atoms with Gasteiger partial charge in [-0.3, -0.25) is 0 Å². The average Bonchev–Trinajstić information content (AvgIpc) is 3.42. The van der Waals surface area contributed by atoms with Gasteiger partial charge in [0, 0.05) is 19.5 Å². The van der Waals surface area contributed by atoms with Crippen LogP contribution in [0.15, 0.2) is 35.7 Å². The van der Waals surface area contributed by atoms with Gasteiger partial charge >= 0.3 is 0 Å². The number of aliphatic hydroxyl groups excluding tert-OH is 1. The van der Waals surface area contributed by atoms with E-state index in [1.807, 2.05) is 18.2 Å². The van der Waals surface area contributed by atoms with Gasteiger partial charge in [0.15, 0.2) is 5.82 Å². The Balaban J connectivity index is 1.34. The summed E-state index contributed by atoms with van der Waals surface area (Å²) in [4.78, 5) is 9.46. The van der Waals surface area contributed by atoms with Crippen molar-refractivity contribution >= 4 is 38.4 Å². The third-order valence-corrected chi connectivity index (χ3v) is 6.82. The topological polar surface area (TPSA) is 89.0 Å². The molecular weight excluding hydrogens is 418 g/mol. The molecule has 32 heavy (non-hydrogen) atoms. The summed E-state index contributed by atoms with van der Waals surface area (Å²) in [7, 11) is 0. The highest BCUT2D eigenvalue weighted by molar-refractivity contribution is 7.18. The number of nitrogens with two attached hydrogens (primary N) is 1. The zero-order valence-electron chi connectivity index (χ0n) is 18.8. The van der Waals surface area contributed by atoms with Crippen LogP contribution in [0.4, 0.5) is 5.82 Å². The summed E-state index contributed by atoms with van der Waals surface area (Å²) >= 11 is 1.72. The molecule has 0 aliphatic carbocycles. The molecular formula is C25H33N5OS. The average molecular weight is 452 g/mol. The lowest BCUT2D eigenvalue weighted by molar-refractivity contribution is 0.282. The first-order valence-electron chi connectivity index (χ1n) is 11.6. The van der Waals surface area contributed by atoms with Gasteiger partial charge in [0.25, 0.3) is 0 Å². The first kappa shape index (κ1) is 22.7. The Labute approximate surface area is 193 Å². The molecule has 0 bridgehead atoms. The molecule has 3 aromatic heterocycles. The number of aryl methyl sites for hydroxylation is 2. The number of pyridine rings is 1. The fourth-order valence-electron chi connectivity index (χ4n) is 4.12. The van der Waals surface area contributed by atoms with Crippen molar-refractivity contribution in [1.82, 2.24) is 19.9 Å². The van der Waals surface area contributed by atoms with Crippen LogP contribution in [0.3, 0.4) is 0 Å². The van der Waals surface area contributed by atoms with E-state index in [1.54, 1.807) is 11.3 Å². The van der Waals surface area contributed by atoms with Crippen LogP contribution in [0.2, 0.25) is 0 Å². The Morgan fingerprint density at radius 2 is 1.84 bits per heavy atom. The quantitative estimate of drug-likeness (QED) is 0.263. The van der Waals surface area contributed by atoms with Crippen molar-refractivity contribution in [1.29, 1.82) is 0 Å². The standard InChI is InChI=1S/C25H33N5OS/c1-2-3-7-21-29-22-23(24-20(12-15-32-24)28-25(22)26)30(21)14-6-4-5-13-27-16-18-8-10-19(17-31)11-9-18/h8-12,15,27,31H,2-7,13-14,16-17H2,1H3,(H2,26,28). The van der Waals surface area contributed by atoms with E-state index in [0.29, 0.717) is 5.82 Å². The lowest BCUT2D eigenvalue weighted by Crippen LogP contribution is -2.15. The summed E-state index contributed by atoms with van der Waals surface area (Å²) in [5.74, 6) is 1.68.